The number of amidine groups is 1. The fourth-order valence-corrected chi connectivity index (χ4v) is 4.56. The molecule has 4 nitrogen and oxygen atoms in total. The second-order valence-corrected chi connectivity index (χ2v) is 9.30. The lowest BCUT2D eigenvalue weighted by Gasteiger charge is -2.27. The van der Waals surface area contributed by atoms with Crippen molar-refractivity contribution in [1.82, 2.24) is 4.90 Å². The molecule has 2 aliphatic heterocycles. The third-order valence-electron chi connectivity index (χ3n) is 6.20. The number of nitrogens with zero attached hydrogens (tertiary/aromatic N) is 4. The number of hydrogen-bond acceptors (Lipinski definition) is 4. The SMILES string of the molecule is C(=NC1CCCCC1)=NC1CCCCC1.C1CCC2=NCCCN2CC1.ClCCl. The Labute approximate surface area is 188 Å². The number of alkyl halides is 2. The topological polar surface area (TPSA) is 40.3 Å². The van der Waals surface area contributed by atoms with Gasteiger partial charge in [0.2, 0.25) is 0 Å². The van der Waals surface area contributed by atoms with Crippen molar-refractivity contribution in [1.29, 1.82) is 0 Å². The molecule has 4 aliphatic rings. The van der Waals surface area contributed by atoms with Gasteiger partial charge in [-0.3, -0.25) is 4.99 Å². The van der Waals surface area contributed by atoms with Crippen LogP contribution >= 0.6 is 23.2 Å². The average Bonchev–Trinajstić information content (AvgIpc) is 3.02. The molecule has 3 fully saturated rings. The molecule has 29 heavy (non-hydrogen) atoms. The summed E-state index contributed by atoms with van der Waals surface area (Å²) in [7, 11) is 0. The van der Waals surface area contributed by atoms with E-state index in [4.69, 9.17) is 23.2 Å². The molecule has 0 N–H and O–H groups in total. The molecule has 0 aromatic heterocycles. The highest BCUT2D eigenvalue weighted by atomic mass is 35.5. The largest absolute Gasteiger partial charge is 0.360 e. The van der Waals surface area contributed by atoms with Crippen LogP contribution in [0.25, 0.3) is 0 Å². The van der Waals surface area contributed by atoms with Gasteiger partial charge in [0.25, 0.3) is 0 Å². The van der Waals surface area contributed by atoms with Gasteiger partial charge in [-0.05, 0) is 44.9 Å². The van der Waals surface area contributed by atoms with E-state index in [0.717, 1.165) is 6.54 Å². The van der Waals surface area contributed by atoms with Gasteiger partial charge in [-0.15, -0.1) is 23.2 Å². The Kier molecular flexibility index (Phi) is 13.8. The number of hydrogen-bond donors (Lipinski definition) is 0. The molecule has 0 unspecified atom stereocenters. The molecule has 166 valence electrons. The maximum absolute atomic E-state index is 4.76. The maximum atomic E-state index is 4.76. The molecule has 0 amide bonds. The Bertz CT molecular complexity index is 483. The summed E-state index contributed by atoms with van der Waals surface area (Å²) in [6.45, 7) is 3.60. The zero-order valence-electron chi connectivity index (χ0n) is 18.1. The highest BCUT2D eigenvalue weighted by molar-refractivity contribution is 6.40. The first-order chi connectivity index (χ1) is 14.3. The van der Waals surface area contributed by atoms with Crippen molar-refractivity contribution in [2.75, 3.05) is 25.0 Å². The summed E-state index contributed by atoms with van der Waals surface area (Å²) in [6, 6.07) is 4.04. The lowest BCUT2D eigenvalue weighted by atomic mass is 9.96. The van der Waals surface area contributed by atoms with Crippen LogP contribution in [0.5, 0.6) is 0 Å². The molecular formula is C23H40Cl2N4. The summed E-state index contributed by atoms with van der Waals surface area (Å²) in [4.78, 5) is 16.0. The quantitative estimate of drug-likeness (QED) is 0.338. The number of fused-ring (bicyclic) bond motifs is 1. The van der Waals surface area contributed by atoms with E-state index in [1.807, 2.05) is 0 Å². The van der Waals surface area contributed by atoms with Crippen LogP contribution in [0.15, 0.2) is 15.0 Å². The zero-order valence-corrected chi connectivity index (χ0v) is 19.6. The lowest BCUT2D eigenvalue weighted by Crippen LogP contribution is -2.34. The van der Waals surface area contributed by atoms with E-state index in [0.29, 0.717) is 12.1 Å². The van der Waals surface area contributed by atoms with Crippen LogP contribution in [0.1, 0.15) is 96.3 Å². The minimum absolute atomic E-state index is 0.194. The van der Waals surface area contributed by atoms with E-state index in [2.05, 4.69) is 25.9 Å². The molecule has 2 heterocycles. The van der Waals surface area contributed by atoms with Crippen molar-refractivity contribution in [3.63, 3.8) is 0 Å². The van der Waals surface area contributed by atoms with Gasteiger partial charge >= 0.3 is 0 Å². The maximum Gasteiger partial charge on any atom is 0.0988 e. The van der Waals surface area contributed by atoms with Gasteiger partial charge in [-0.1, -0.05) is 44.9 Å². The van der Waals surface area contributed by atoms with Crippen molar-refractivity contribution in [2.45, 2.75) is 108 Å². The van der Waals surface area contributed by atoms with Crippen LogP contribution in [-0.4, -0.2) is 53.8 Å². The van der Waals surface area contributed by atoms with E-state index in [9.17, 15) is 0 Å². The van der Waals surface area contributed by atoms with Crippen LogP contribution in [0, 0.1) is 0 Å². The van der Waals surface area contributed by atoms with Crippen molar-refractivity contribution in [2.24, 2.45) is 15.0 Å². The molecule has 0 aromatic rings. The first-order valence-electron chi connectivity index (χ1n) is 11.9. The summed E-state index contributed by atoms with van der Waals surface area (Å²) < 4.78 is 0. The summed E-state index contributed by atoms with van der Waals surface area (Å²) in [5, 5.41) is 0.194. The van der Waals surface area contributed by atoms with Gasteiger partial charge in [-0.2, -0.15) is 0 Å². The Balaban J connectivity index is 0.000000189. The second-order valence-electron chi connectivity index (χ2n) is 8.49. The van der Waals surface area contributed by atoms with Gasteiger partial charge in [0.05, 0.1) is 29.3 Å². The molecule has 6 heteroatoms. The molecule has 0 spiro atoms. The van der Waals surface area contributed by atoms with E-state index in [-0.39, 0.29) is 5.34 Å². The number of rotatable bonds is 2. The third-order valence-corrected chi connectivity index (χ3v) is 6.20. The van der Waals surface area contributed by atoms with Gasteiger partial charge in [0.15, 0.2) is 0 Å². The zero-order chi connectivity index (χ0) is 20.6. The molecule has 0 bridgehead atoms. The highest BCUT2D eigenvalue weighted by Gasteiger charge is 2.16. The van der Waals surface area contributed by atoms with Crippen molar-refractivity contribution in [3.8, 4) is 0 Å². The van der Waals surface area contributed by atoms with Gasteiger partial charge in [0.1, 0.15) is 0 Å². The van der Waals surface area contributed by atoms with E-state index in [1.165, 1.54) is 115 Å². The Morgan fingerprint density at radius 3 is 1.86 bits per heavy atom. The monoisotopic (exact) mass is 442 g/mol. The van der Waals surface area contributed by atoms with Crippen molar-refractivity contribution in [3.05, 3.63) is 0 Å². The molecular weight excluding hydrogens is 403 g/mol. The van der Waals surface area contributed by atoms with E-state index in [1.54, 1.807) is 0 Å². The second kappa shape index (κ2) is 16.2. The standard InChI is InChI=1S/C13H22N2.C9H16N2.CH2Cl2/c1-3-7-12(8-4-1)14-11-15-13-9-5-2-6-10-13;1-2-5-9-10-6-4-8-11(9)7-3-1;2-1-3/h12-13H,1-10H2;1-8H2;1H2. The summed E-state index contributed by atoms with van der Waals surface area (Å²) >= 11 is 9.53. The molecule has 0 radical (unpaired) electrons. The number of halogens is 2. The Hall–Kier alpha value is -0.570. The van der Waals surface area contributed by atoms with Crippen LogP contribution < -0.4 is 0 Å². The van der Waals surface area contributed by atoms with Crippen LogP contribution in [-0.2, 0) is 0 Å². The van der Waals surface area contributed by atoms with Gasteiger partial charge in [-0.25, -0.2) is 9.98 Å². The summed E-state index contributed by atoms with van der Waals surface area (Å²) in [5.41, 5.74) is 0. The minimum atomic E-state index is 0.194. The summed E-state index contributed by atoms with van der Waals surface area (Å²) in [6.07, 6.45) is 19.8. The Morgan fingerprint density at radius 1 is 0.759 bits per heavy atom. The van der Waals surface area contributed by atoms with Crippen LogP contribution in [0.2, 0.25) is 0 Å². The van der Waals surface area contributed by atoms with E-state index >= 15 is 0 Å². The lowest BCUT2D eigenvalue weighted by molar-refractivity contribution is 0.391. The molecule has 0 atom stereocenters. The number of aliphatic imine (C=N–C) groups is 3. The van der Waals surface area contributed by atoms with Gasteiger partial charge in [0, 0.05) is 26.1 Å². The van der Waals surface area contributed by atoms with Gasteiger partial charge < -0.3 is 4.90 Å². The third kappa shape index (κ3) is 10.9. The predicted octanol–water partition coefficient (Wildman–Crippen LogP) is 6.91. The smallest absolute Gasteiger partial charge is 0.0988 e. The molecule has 2 saturated carbocycles. The van der Waals surface area contributed by atoms with Crippen molar-refractivity contribution < 1.29 is 0 Å². The van der Waals surface area contributed by atoms with E-state index < -0.39 is 0 Å². The molecule has 4 rings (SSSR count). The summed E-state index contributed by atoms with van der Waals surface area (Å²) in [5.74, 6) is 1.40. The fraction of sp³-hybridized carbons (Fsp3) is 0.913. The average molecular weight is 444 g/mol. The Morgan fingerprint density at radius 2 is 1.28 bits per heavy atom. The first kappa shape index (κ1) is 24.7. The van der Waals surface area contributed by atoms with Crippen LogP contribution in [0.4, 0.5) is 0 Å². The first-order valence-corrected chi connectivity index (χ1v) is 12.9. The fourth-order valence-electron chi connectivity index (χ4n) is 4.56. The normalized spacial score (nSPS) is 23.0. The minimum Gasteiger partial charge on any atom is -0.360 e. The highest BCUT2D eigenvalue weighted by Crippen LogP contribution is 2.21. The molecule has 2 aliphatic carbocycles. The van der Waals surface area contributed by atoms with Crippen molar-refractivity contribution >= 4 is 35.0 Å². The molecule has 1 saturated heterocycles. The predicted molar refractivity (Wildman–Crippen MR) is 127 cm³/mol. The van der Waals surface area contributed by atoms with Crippen LogP contribution in [0.3, 0.4) is 0 Å². The molecule has 0 aromatic carbocycles.